The van der Waals surface area contributed by atoms with E-state index in [0.717, 1.165) is 31.6 Å². The van der Waals surface area contributed by atoms with Crippen LogP contribution in [0.5, 0.6) is 0 Å². The van der Waals surface area contributed by atoms with Crippen molar-refractivity contribution in [1.82, 2.24) is 4.90 Å². The van der Waals surface area contributed by atoms with Gasteiger partial charge in [-0.3, -0.25) is 14.5 Å². The number of halogens is 2. The molecule has 2 fully saturated rings. The van der Waals surface area contributed by atoms with Gasteiger partial charge in [0.05, 0.1) is 18.2 Å². The summed E-state index contributed by atoms with van der Waals surface area (Å²) in [7, 11) is 0. The van der Waals surface area contributed by atoms with Crippen molar-refractivity contribution in [2.45, 2.75) is 31.3 Å². The highest BCUT2D eigenvalue weighted by Crippen LogP contribution is 2.28. The van der Waals surface area contributed by atoms with Gasteiger partial charge in [-0.05, 0) is 61.4 Å². The van der Waals surface area contributed by atoms with Crippen molar-refractivity contribution in [2.24, 2.45) is 0 Å². The van der Waals surface area contributed by atoms with E-state index in [1.807, 2.05) is 24.3 Å². The van der Waals surface area contributed by atoms with Crippen LogP contribution in [0.1, 0.15) is 19.3 Å². The molecular weight excluding hydrogens is 381 g/mol. The molecule has 1 atom stereocenters. The molecule has 2 aromatic rings. The Bertz CT molecular complexity index is 864. The van der Waals surface area contributed by atoms with Crippen molar-refractivity contribution in [3.63, 3.8) is 0 Å². The van der Waals surface area contributed by atoms with Gasteiger partial charge in [-0.1, -0.05) is 11.6 Å². The van der Waals surface area contributed by atoms with Gasteiger partial charge >= 0.3 is 0 Å². The van der Waals surface area contributed by atoms with E-state index >= 15 is 0 Å². The van der Waals surface area contributed by atoms with E-state index in [1.165, 1.54) is 29.2 Å². The number of imide groups is 1. The molecule has 0 aliphatic carbocycles. The smallest absolute Gasteiger partial charge is 0.251 e. The molecule has 146 valence electrons. The third-order valence-electron chi connectivity index (χ3n) is 5.39. The zero-order valence-corrected chi connectivity index (χ0v) is 16.0. The second kappa shape index (κ2) is 7.89. The van der Waals surface area contributed by atoms with Crippen molar-refractivity contribution in [3.8, 4) is 0 Å². The van der Waals surface area contributed by atoms with E-state index in [1.54, 1.807) is 0 Å². The van der Waals surface area contributed by atoms with Gasteiger partial charge in [0.15, 0.2) is 0 Å². The molecule has 5 nitrogen and oxygen atoms in total. The van der Waals surface area contributed by atoms with Gasteiger partial charge < -0.3 is 5.32 Å². The summed E-state index contributed by atoms with van der Waals surface area (Å²) < 4.78 is 13.1. The number of hydrogen-bond donors (Lipinski definition) is 1. The van der Waals surface area contributed by atoms with Gasteiger partial charge in [-0.2, -0.15) is 0 Å². The fourth-order valence-corrected chi connectivity index (χ4v) is 4.03. The summed E-state index contributed by atoms with van der Waals surface area (Å²) >= 11 is 5.92. The van der Waals surface area contributed by atoms with Gasteiger partial charge in [-0.15, -0.1) is 0 Å². The Labute approximate surface area is 168 Å². The van der Waals surface area contributed by atoms with Crippen molar-refractivity contribution in [3.05, 3.63) is 59.4 Å². The molecule has 7 heteroatoms. The largest absolute Gasteiger partial charge is 0.382 e. The van der Waals surface area contributed by atoms with Gasteiger partial charge in [0.2, 0.25) is 5.91 Å². The quantitative estimate of drug-likeness (QED) is 0.794. The minimum Gasteiger partial charge on any atom is -0.382 e. The van der Waals surface area contributed by atoms with Crippen LogP contribution in [0.25, 0.3) is 0 Å². The molecule has 28 heavy (non-hydrogen) atoms. The Kier molecular flexibility index (Phi) is 5.33. The van der Waals surface area contributed by atoms with Crippen LogP contribution < -0.4 is 10.2 Å². The lowest BCUT2D eigenvalue weighted by Crippen LogP contribution is -2.48. The summed E-state index contributed by atoms with van der Waals surface area (Å²) in [5, 5.41) is 4.20. The number of benzene rings is 2. The minimum absolute atomic E-state index is 0.172. The monoisotopic (exact) mass is 401 g/mol. The summed E-state index contributed by atoms with van der Waals surface area (Å²) in [6, 6.07) is 13.0. The Morgan fingerprint density at radius 2 is 1.61 bits per heavy atom. The fourth-order valence-electron chi connectivity index (χ4n) is 3.90. The maximum absolute atomic E-state index is 13.1. The highest BCUT2D eigenvalue weighted by Gasteiger charge is 2.43. The highest BCUT2D eigenvalue weighted by atomic mass is 35.5. The molecule has 4 rings (SSSR count). The number of carbonyl (C=O) groups excluding carboxylic acids is 2. The van der Waals surface area contributed by atoms with Crippen LogP contribution in [-0.4, -0.2) is 41.9 Å². The zero-order chi connectivity index (χ0) is 19.7. The topological polar surface area (TPSA) is 52.7 Å². The van der Waals surface area contributed by atoms with E-state index in [-0.39, 0.29) is 18.2 Å². The number of anilines is 2. The number of amides is 2. The predicted molar refractivity (Wildman–Crippen MR) is 107 cm³/mol. The fraction of sp³-hybridized carbons (Fsp3) is 0.333. The second-order valence-corrected chi connectivity index (χ2v) is 7.66. The number of carbonyl (C=O) groups is 2. The maximum atomic E-state index is 13.1. The third-order valence-corrected chi connectivity index (χ3v) is 5.64. The Balaban J connectivity index is 1.37. The van der Waals surface area contributed by atoms with Crippen LogP contribution >= 0.6 is 11.6 Å². The Morgan fingerprint density at radius 3 is 2.25 bits per heavy atom. The average Bonchev–Trinajstić information content (AvgIpc) is 2.99. The summed E-state index contributed by atoms with van der Waals surface area (Å²) in [6.45, 7) is 1.48. The lowest BCUT2D eigenvalue weighted by Gasteiger charge is -2.35. The first-order valence-electron chi connectivity index (χ1n) is 9.40. The summed E-state index contributed by atoms with van der Waals surface area (Å²) in [5.74, 6) is -0.849. The molecule has 2 heterocycles. The van der Waals surface area contributed by atoms with E-state index < -0.39 is 11.9 Å². The number of piperidine rings is 1. The third kappa shape index (κ3) is 3.88. The average molecular weight is 402 g/mol. The minimum atomic E-state index is -0.436. The van der Waals surface area contributed by atoms with E-state index in [4.69, 9.17) is 11.6 Å². The molecule has 0 aromatic heterocycles. The van der Waals surface area contributed by atoms with Crippen LogP contribution in [-0.2, 0) is 9.59 Å². The van der Waals surface area contributed by atoms with Gasteiger partial charge in [0.1, 0.15) is 5.82 Å². The number of nitrogens with zero attached hydrogens (tertiary/aromatic N) is 2. The number of rotatable bonds is 4. The molecule has 0 radical (unpaired) electrons. The normalized spacial score (nSPS) is 21.4. The lowest BCUT2D eigenvalue weighted by molar-refractivity contribution is -0.123. The first-order valence-corrected chi connectivity index (χ1v) is 9.77. The highest BCUT2D eigenvalue weighted by molar-refractivity contribution is 6.30. The molecule has 2 saturated heterocycles. The predicted octanol–water partition coefficient (Wildman–Crippen LogP) is 3.69. The number of nitrogens with one attached hydrogen (secondary N) is 1. The summed E-state index contributed by atoms with van der Waals surface area (Å²) in [4.78, 5) is 28.5. The second-order valence-electron chi connectivity index (χ2n) is 7.23. The van der Waals surface area contributed by atoms with Gasteiger partial charge in [0.25, 0.3) is 5.91 Å². The molecule has 0 saturated carbocycles. The van der Waals surface area contributed by atoms with E-state index in [2.05, 4.69) is 10.2 Å². The zero-order valence-electron chi connectivity index (χ0n) is 15.3. The van der Waals surface area contributed by atoms with Crippen LogP contribution in [0, 0.1) is 5.82 Å². The van der Waals surface area contributed by atoms with Crippen molar-refractivity contribution in [1.29, 1.82) is 0 Å². The molecule has 2 aliphatic heterocycles. The van der Waals surface area contributed by atoms with Crippen molar-refractivity contribution in [2.75, 3.05) is 23.3 Å². The molecular formula is C21H21ClFN3O2. The summed E-state index contributed by atoms with van der Waals surface area (Å²) in [6.07, 6.45) is 1.94. The number of hydrogen-bond acceptors (Lipinski definition) is 4. The van der Waals surface area contributed by atoms with E-state index in [9.17, 15) is 14.0 Å². The molecule has 0 bridgehead atoms. The Morgan fingerprint density at radius 1 is 0.964 bits per heavy atom. The number of likely N-dealkylation sites (tertiary alicyclic amines) is 1. The van der Waals surface area contributed by atoms with Crippen LogP contribution in [0.15, 0.2) is 48.5 Å². The van der Waals surface area contributed by atoms with Crippen molar-refractivity contribution >= 4 is 34.8 Å². The molecule has 1 N–H and O–H groups in total. The SMILES string of the molecule is O=C1CC(N2CCC(Nc3ccc(Cl)cc3)CC2)C(=O)N1c1ccc(F)cc1. The van der Waals surface area contributed by atoms with Gasteiger partial charge in [-0.25, -0.2) is 9.29 Å². The lowest BCUT2D eigenvalue weighted by atomic mass is 10.0. The van der Waals surface area contributed by atoms with Crippen LogP contribution in [0.2, 0.25) is 5.02 Å². The maximum Gasteiger partial charge on any atom is 0.251 e. The first kappa shape index (κ1) is 18.9. The van der Waals surface area contributed by atoms with E-state index in [0.29, 0.717) is 16.8 Å². The standard InChI is InChI=1S/C21H21ClFN3O2/c22-14-1-5-16(6-2-14)24-17-9-11-25(12-10-17)19-13-20(27)26(21(19)28)18-7-3-15(23)4-8-18/h1-8,17,19,24H,9-13H2. The Hall–Kier alpha value is -2.44. The molecule has 2 amide bonds. The molecule has 2 aliphatic rings. The van der Waals surface area contributed by atoms with Crippen LogP contribution in [0.3, 0.4) is 0 Å². The molecule has 1 unspecified atom stereocenters. The van der Waals surface area contributed by atoms with Gasteiger partial charge in [0, 0.05) is 29.8 Å². The molecule has 2 aromatic carbocycles. The first-order chi connectivity index (χ1) is 13.5. The summed E-state index contributed by atoms with van der Waals surface area (Å²) in [5.41, 5.74) is 1.45. The van der Waals surface area contributed by atoms with Crippen LogP contribution in [0.4, 0.5) is 15.8 Å². The molecule has 0 spiro atoms. The van der Waals surface area contributed by atoms with Crippen molar-refractivity contribution < 1.29 is 14.0 Å².